The SMILES string of the molecule is O=C=Nc1ccc(Oc2cccc(Br)c2)c(F)c1. The zero-order valence-corrected chi connectivity index (χ0v) is 10.6. The van der Waals surface area contributed by atoms with Crippen molar-refractivity contribution >= 4 is 27.7 Å². The van der Waals surface area contributed by atoms with Crippen LogP contribution in [-0.2, 0) is 4.79 Å². The Kier molecular flexibility index (Phi) is 3.87. The number of hydrogen-bond acceptors (Lipinski definition) is 3. The minimum Gasteiger partial charge on any atom is -0.454 e. The second-order valence-electron chi connectivity index (χ2n) is 3.38. The van der Waals surface area contributed by atoms with Gasteiger partial charge in [-0.15, -0.1) is 0 Å². The van der Waals surface area contributed by atoms with Crippen molar-refractivity contribution in [1.29, 1.82) is 0 Å². The molecular weight excluding hydrogens is 301 g/mol. The fourth-order valence-corrected chi connectivity index (χ4v) is 1.73. The summed E-state index contributed by atoms with van der Waals surface area (Å²) in [7, 11) is 0. The Morgan fingerprint density at radius 2 is 2.06 bits per heavy atom. The van der Waals surface area contributed by atoms with Gasteiger partial charge in [-0.1, -0.05) is 22.0 Å². The van der Waals surface area contributed by atoms with Crippen LogP contribution < -0.4 is 4.74 Å². The Hall–Kier alpha value is -1.97. The van der Waals surface area contributed by atoms with Crippen molar-refractivity contribution in [2.24, 2.45) is 4.99 Å². The number of isocyanates is 1. The molecule has 0 unspecified atom stereocenters. The van der Waals surface area contributed by atoms with Gasteiger partial charge in [-0.25, -0.2) is 9.18 Å². The first-order valence-corrected chi connectivity index (χ1v) is 5.79. The van der Waals surface area contributed by atoms with Crippen molar-refractivity contribution in [2.75, 3.05) is 0 Å². The van der Waals surface area contributed by atoms with Gasteiger partial charge in [0, 0.05) is 10.5 Å². The first-order chi connectivity index (χ1) is 8.69. The van der Waals surface area contributed by atoms with E-state index in [4.69, 9.17) is 4.74 Å². The molecule has 0 aliphatic rings. The van der Waals surface area contributed by atoms with E-state index in [1.54, 1.807) is 18.2 Å². The van der Waals surface area contributed by atoms with Crippen LogP contribution >= 0.6 is 15.9 Å². The number of nitrogens with zero attached hydrogens (tertiary/aromatic N) is 1. The van der Waals surface area contributed by atoms with Gasteiger partial charge in [0.1, 0.15) is 5.75 Å². The molecule has 3 nitrogen and oxygen atoms in total. The molecule has 0 radical (unpaired) electrons. The van der Waals surface area contributed by atoms with Crippen LogP contribution in [0.1, 0.15) is 0 Å². The van der Waals surface area contributed by atoms with Gasteiger partial charge in [-0.3, -0.25) is 0 Å². The molecule has 2 rings (SSSR count). The van der Waals surface area contributed by atoms with Gasteiger partial charge in [0.15, 0.2) is 11.6 Å². The van der Waals surface area contributed by atoms with E-state index in [0.717, 1.165) is 10.5 Å². The van der Waals surface area contributed by atoms with Gasteiger partial charge in [-0.05, 0) is 30.3 Å². The minimum absolute atomic E-state index is 0.0675. The van der Waals surface area contributed by atoms with Crippen molar-refractivity contribution in [3.8, 4) is 11.5 Å². The Balaban J connectivity index is 2.27. The van der Waals surface area contributed by atoms with E-state index in [9.17, 15) is 9.18 Å². The van der Waals surface area contributed by atoms with E-state index in [1.807, 2.05) is 6.07 Å². The molecule has 0 bridgehead atoms. The van der Waals surface area contributed by atoms with Crippen molar-refractivity contribution in [3.63, 3.8) is 0 Å². The smallest absolute Gasteiger partial charge is 0.240 e. The molecule has 5 heteroatoms. The van der Waals surface area contributed by atoms with Crippen LogP contribution in [0, 0.1) is 5.82 Å². The number of ether oxygens (including phenoxy) is 1. The maximum absolute atomic E-state index is 13.6. The predicted octanol–water partition coefficient (Wildman–Crippen LogP) is 4.35. The molecule has 0 amide bonds. The lowest BCUT2D eigenvalue weighted by Crippen LogP contribution is -1.87. The Morgan fingerprint density at radius 1 is 1.22 bits per heavy atom. The average Bonchev–Trinajstić information content (AvgIpc) is 2.33. The number of hydrogen-bond donors (Lipinski definition) is 0. The van der Waals surface area contributed by atoms with Crippen molar-refractivity contribution in [1.82, 2.24) is 0 Å². The zero-order valence-electron chi connectivity index (χ0n) is 9.06. The molecule has 2 aromatic rings. The highest BCUT2D eigenvalue weighted by Gasteiger charge is 2.06. The summed E-state index contributed by atoms with van der Waals surface area (Å²) in [5.41, 5.74) is 0.198. The summed E-state index contributed by atoms with van der Waals surface area (Å²) >= 11 is 3.29. The van der Waals surface area contributed by atoms with Gasteiger partial charge < -0.3 is 4.74 Å². The van der Waals surface area contributed by atoms with E-state index in [-0.39, 0.29) is 11.4 Å². The molecule has 0 aromatic heterocycles. The Morgan fingerprint density at radius 3 is 2.72 bits per heavy atom. The van der Waals surface area contributed by atoms with Crippen LogP contribution in [0.15, 0.2) is 51.9 Å². The molecule has 0 heterocycles. The third-order valence-corrected chi connectivity index (χ3v) is 2.61. The molecule has 0 aliphatic heterocycles. The van der Waals surface area contributed by atoms with Crippen LogP contribution in [0.3, 0.4) is 0 Å². The molecule has 0 aliphatic carbocycles. The summed E-state index contributed by atoms with van der Waals surface area (Å²) in [6.07, 6.45) is 1.35. The third kappa shape index (κ3) is 3.03. The molecule has 90 valence electrons. The summed E-state index contributed by atoms with van der Waals surface area (Å²) in [5.74, 6) is -0.0145. The highest BCUT2D eigenvalue weighted by Crippen LogP contribution is 2.28. The monoisotopic (exact) mass is 307 g/mol. The molecular formula is C13H7BrFNO2. The van der Waals surface area contributed by atoms with Crippen molar-refractivity contribution in [2.45, 2.75) is 0 Å². The summed E-state index contributed by atoms with van der Waals surface area (Å²) in [4.78, 5) is 13.4. The zero-order chi connectivity index (χ0) is 13.0. The quantitative estimate of drug-likeness (QED) is 0.624. The van der Waals surface area contributed by atoms with Crippen LogP contribution in [0.4, 0.5) is 10.1 Å². The normalized spacial score (nSPS) is 9.67. The molecule has 0 N–H and O–H groups in total. The topological polar surface area (TPSA) is 38.7 Å². The molecule has 0 spiro atoms. The lowest BCUT2D eigenvalue weighted by Gasteiger charge is -2.07. The highest BCUT2D eigenvalue weighted by atomic mass is 79.9. The average molecular weight is 308 g/mol. The summed E-state index contributed by atoms with van der Waals surface area (Å²) in [6, 6.07) is 11.0. The van der Waals surface area contributed by atoms with Crippen LogP contribution in [0.2, 0.25) is 0 Å². The maximum Gasteiger partial charge on any atom is 0.240 e. The predicted molar refractivity (Wildman–Crippen MR) is 68.4 cm³/mol. The highest BCUT2D eigenvalue weighted by molar-refractivity contribution is 9.10. The lowest BCUT2D eigenvalue weighted by atomic mass is 10.3. The maximum atomic E-state index is 13.6. The van der Waals surface area contributed by atoms with E-state index in [0.29, 0.717) is 5.75 Å². The van der Waals surface area contributed by atoms with Crippen molar-refractivity contribution in [3.05, 3.63) is 52.8 Å². The number of halogens is 2. The second kappa shape index (κ2) is 5.58. The Bertz CT molecular complexity index is 624. The largest absolute Gasteiger partial charge is 0.454 e. The van der Waals surface area contributed by atoms with E-state index >= 15 is 0 Å². The van der Waals surface area contributed by atoms with Crippen LogP contribution in [0.5, 0.6) is 11.5 Å². The number of benzene rings is 2. The van der Waals surface area contributed by atoms with E-state index in [1.165, 1.54) is 18.2 Å². The van der Waals surface area contributed by atoms with Gasteiger partial charge in [0.2, 0.25) is 6.08 Å². The summed E-state index contributed by atoms with van der Waals surface area (Å²) in [6.45, 7) is 0. The number of carbonyl (C=O) groups excluding carboxylic acids is 1. The number of aliphatic imine (C=N–C) groups is 1. The third-order valence-electron chi connectivity index (χ3n) is 2.11. The lowest BCUT2D eigenvalue weighted by molar-refractivity contribution is 0.442. The minimum atomic E-state index is -0.591. The van der Waals surface area contributed by atoms with Gasteiger partial charge in [0.05, 0.1) is 5.69 Å². The number of rotatable bonds is 3. The molecule has 18 heavy (non-hydrogen) atoms. The first-order valence-electron chi connectivity index (χ1n) is 5.00. The van der Waals surface area contributed by atoms with Gasteiger partial charge in [0.25, 0.3) is 0 Å². The van der Waals surface area contributed by atoms with Crippen LogP contribution in [-0.4, -0.2) is 6.08 Å². The fraction of sp³-hybridized carbons (Fsp3) is 0. The van der Waals surface area contributed by atoms with E-state index in [2.05, 4.69) is 20.9 Å². The van der Waals surface area contributed by atoms with Crippen LogP contribution in [0.25, 0.3) is 0 Å². The standard InChI is InChI=1S/C13H7BrFNO2/c14-9-2-1-3-11(6-9)18-13-5-4-10(16-8-17)7-12(13)15/h1-7H. The van der Waals surface area contributed by atoms with Crippen molar-refractivity contribution < 1.29 is 13.9 Å². The Labute approximate surface area is 111 Å². The molecule has 0 atom stereocenters. The molecule has 0 fully saturated rings. The van der Waals surface area contributed by atoms with Gasteiger partial charge >= 0.3 is 0 Å². The summed E-state index contributed by atoms with van der Waals surface area (Å²) in [5, 5.41) is 0. The van der Waals surface area contributed by atoms with E-state index < -0.39 is 5.82 Å². The molecule has 0 saturated carbocycles. The second-order valence-corrected chi connectivity index (χ2v) is 4.29. The fourth-order valence-electron chi connectivity index (χ4n) is 1.35. The van der Waals surface area contributed by atoms with Gasteiger partial charge in [-0.2, -0.15) is 4.99 Å². The summed E-state index contributed by atoms with van der Waals surface area (Å²) < 4.78 is 19.8. The first kappa shape index (κ1) is 12.5. The molecule has 0 saturated heterocycles. The molecule has 2 aromatic carbocycles.